The molecule has 22 heavy (non-hydrogen) atoms. The van der Waals surface area contributed by atoms with Gasteiger partial charge in [-0.1, -0.05) is 15.9 Å². The number of benzene rings is 2. The molecule has 0 radical (unpaired) electrons. The largest absolute Gasteiger partial charge is 0.428 e. The summed E-state index contributed by atoms with van der Waals surface area (Å²) in [5.41, 5.74) is 0.841. The van der Waals surface area contributed by atoms with E-state index in [1.54, 1.807) is 12.1 Å². The van der Waals surface area contributed by atoms with E-state index in [0.717, 1.165) is 9.37 Å². The van der Waals surface area contributed by atoms with Crippen LogP contribution in [-0.4, -0.2) is 4.98 Å². The second-order valence-corrected chi connectivity index (χ2v) is 6.29. The second kappa shape index (κ2) is 6.34. The fraction of sp³-hybridized carbons (Fsp3) is 0. The molecule has 3 rings (SSSR count). The van der Waals surface area contributed by atoms with E-state index in [-0.39, 0.29) is 11.5 Å². The highest BCUT2D eigenvalue weighted by Gasteiger charge is 2.15. The molecule has 0 N–H and O–H groups in total. The number of aromatic nitrogens is 1. The van der Waals surface area contributed by atoms with E-state index in [1.807, 2.05) is 30.3 Å². The molecule has 3 nitrogen and oxygen atoms in total. The zero-order valence-corrected chi connectivity index (χ0v) is 13.5. The van der Waals surface area contributed by atoms with E-state index in [1.165, 1.54) is 23.9 Å². The molecule has 3 aromatic rings. The summed E-state index contributed by atoms with van der Waals surface area (Å²) in [6.45, 7) is 0. The van der Waals surface area contributed by atoms with Crippen molar-refractivity contribution in [1.29, 1.82) is 5.26 Å². The van der Waals surface area contributed by atoms with Gasteiger partial charge in [0.2, 0.25) is 11.0 Å². The van der Waals surface area contributed by atoms with Crippen LogP contribution in [0.1, 0.15) is 5.69 Å². The van der Waals surface area contributed by atoms with Crippen LogP contribution in [0.25, 0.3) is 11.5 Å². The van der Waals surface area contributed by atoms with Crippen molar-refractivity contribution in [3.8, 4) is 17.5 Å². The van der Waals surface area contributed by atoms with Gasteiger partial charge in [-0.05, 0) is 60.3 Å². The molecule has 0 aliphatic heterocycles. The molecule has 0 unspecified atom stereocenters. The van der Waals surface area contributed by atoms with Gasteiger partial charge in [0.05, 0.1) is 0 Å². The lowest BCUT2D eigenvalue weighted by atomic mass is 10.2. The summed E-state index contributed by atoms with van der Waals surface area (Å²) in [4.78, 5) is 5.09. The fourth-order valence-corrected chi connectivity index (χ4v) is 2.83. The van der Waals surface area contributed by atoms with Crippen molar-refractivity contribution in [2.75, 3.05) is 0 Å². The maximum absolute atomic E-state index is 13.0. The molecule has 0 saturated carbocycles. The summed E-state index contributed by atoms with van der Waals surface area (Å²) in [6, 6.07) is 15.4. The summed E-state index contributed by atoms with van der Waals surface area (Å²) in [5.74, 6) is -0.0311. The van der Waals surface area contributed by atoms with Crippen molar-refractivity contribution in [3.63, 3.8) is 0 Å². The molecule has 0 saturated heterocycles. The van der Waals surface area contributed by atoms with Crippen LogP contribution in [0.15, 0.2) is 67.4 Å². The van der Waals surface area contributed by atoms with Crippen molar-refractivity contribution in [2.45, 2.75) is 9.99 Å². The van der Waals surface area contributed by atoms with Gasteiger partial charge in [0, 0.05) is 14.9 Å². The van der Waals surface area contributed by atoms with Crippen LogP contribution < -0.4 is 0 Å². The van der Waals surface area contributed by atoms with Crippen LogP contribution in [0.5, 0.6) is 0 Å². The first-order chi connectivity index (χ1) is 10.7. The number of nitrogens with zero attached hydrogens (tertiary/aromatic N) is 2. The smallest absolute Gasteiger partial charge is 0.228 e. The molecule has 0 aliphatic rings. The molecule has 0 atom stereocenters. The van der Waals surface area contributed by atoms with Crippen LogP contribution in [0.2, 0.25) is 0 Å². The lowest BCUT2D eigenvalue weighted by Gasteiger charge is -1.98. The monoisotopic (exact) mass is 374 g/mol. The molecular formula is C16H8BrFN2OS. The summed E-state index contributed by atoms with van der Waals surface area (Å²) in [5, 5.41) is 9.61. The Kier molecular flexibility index (Phi) is 4.27. The molecule has 6 heteroatoms. The van der Waals surface area contributed by atoms with E-state index in [0.29, 0.717) is 16.5 Å². The van der Waals surface area contributed by atoms with Crippen LogP contribution in [0.4, 0.5) is 4.39 Å². The highest BCUT2D eigenvalue weighted by Crippen LogP contribution is 2.34. The fourth-order valence-electron chi connectivity index (χ4n) is 1.77. The van der Waals surface area contributed by atoms with Crippen LogP contribution in [0, 0.1) is 17.1 Å². The van der Waals surface area contributed by atoms with Gasteiger partial charge < -0.3 is 4.42 Å². The van der Waals surface area contributed by atoms with Gasteiger partial charge >= 0.3 is 0 Å². The highest BCUT2D eigenvalue weighted by atomic mass is 79.9. The number of hydrogen-bond donors (Lipinski definition) is 0. The first-order valence-corrected chi connectivity index (χ1v) is 7.87. The van der Waals surface area contributed by atoms with E-state index in [9.17, 15) is 9.65 Å². The predicted octanol–water partition coefficient (Wildman–Crippen LogP) is 5.27. The molecule has 1 aromatic heterocycles. The van der Waals surface area contributed by atoms with Crippen LogP contribution in [0.3, 0.4) is 0 Å². The molecule has 0 spiro atoms. The zero-order chi connectivity index (χ0) is 15.5. The van der Waals surface area contributed by atoms with Crippen LogP contribution >= 0.6 is 27.7 Å². The predicted molar refractivity (Wildman–Crippen MR) is 84.9 cm³/mol. The zero-order valence-electron chi connectivity index (χ0n) is 11.1. The Morgan fingerprint density at radius 2 is 1.77 bits per heavy atom. The van der Waals surface area contributed by atoms with E-state index in [4.69, 9.17) is 4.42 Å². The van der Waals surface area contributed by atoms with Gasteiger partial charge in [-0.3, -0.25) is 0 Å². The van der Waals surface area contributed by atoms with Crippen molar-refractivity contribution in [3.05, 3.63) is 64.5 Å². The first-order valence-electron chi connectivity index (χ1n) is 6.26. The Balaban J connectivity index is 1.93. The van der Waals surface area contributed by atoms with E-state index in [2.05, 4.69) is 20.9 Å². The van der Waals surface area contributed by atoms with Crippen LogP contribution in [-0.2, 0) is 0 Å². The molecule has 108 valence electrons. The molecule has 2 aromatic carbocycles. The van der Waals surface area contributed by atoms with Crippen molar-refractivity contribution in [1.82, 2.24) is 4.98 Å². The SMILES string of the molecule is N#Cc1nc(-c2ccc(F)cc2)oc1Sc1ccc(Br)cc1. The summed E-state index contributed by atoms with van der Waals surface area (Å²) >= 11 is 4.69. The molecule has 0 amide bonds. The normalized spacial score (nSPS) is 10.4. The average Bonchev–Trinajstić information content (AvgIpc) is 2.93. The number of nitriles is 1. The molecule has 0 fully saturated rings. The third-order valence-electron chi connectivity index (χ3n) is 2.82. The maximum atomic E-state index is 13.0. The number of oxazole rings is 1. The Bertz CT molecular complexity index is 838. The van der Waals surface area contributed by atoms with Crippen molar-refractivity contribution in [2.24, 2.45) is 0 Å². The van der Waals surface area contributed by atoms with Gasteiger partial charge in [-0.25, -0.2) is 4.39 Å². The molecule has 0 aliphatic carbocycles. The third-order valence-corrected chi connectivity index (χ3v) is 4.32. The summed E-state index contributed by atoms with van der Waals surface area (Å²) in [6.07, 6.45) is 0. The van der Waals surface area contributed by atoms with Gasteiger partial charge in [-0.15, -0.1) is 0 Å². The van der Waals surface area contributed by atoms with Crippen molar-refractivity contribution >= 4 is 27.7 Å². The van der Waals surface area contributed by atoms with Crippen molar-refractivity contribution < 1.29 is 8.81 Å². The number of rotatable bonds is 3. The Morgan fingerprint density at radius 3 is 2.41 bits per heavy atom. The Hall–Kier alpha value is -2.10. The Labute approximate surface area is 138 Å². The quantitative estimate of drug-likeness (QED) is 0.626. The lowest BCUT2D eigenvalue weighted by molar-refractivity contribution is 0.483. The molecule has 0 bridgehead atoms. The minimum absolute atomic E-state index is 0.215. The van der Waals surface area contributed by atoms with E-state index >= 15 is 0 Å². The number of hydrogen-bond acceptors (Lipinski definition) is 4. The maximum Gasteiger partial charge on any atom is 0.228 e. The first kappa shape index (κ1) is 14.8. The lowest BCUT2D eigenvalue weighted by Crippen LogP contribution is -1.79. The minimum atomic E-state index is -0.333. The minimum Gasteiger partial charge on any atom is -0.428 e. The average molecular weight is 375 g/mol. The summed E-state index contributed by atoms with van der Waals surface area (Å²) < 4.78 is 19.6. The van der Waals surface area contributed by atoms with Gasteiger partial charge in [0.25, 0.3) is 0 Å². The second-order valence-electron chi connectivity index (χ2n) is 4.33. The molecule has 1 heterocycles. The molecular weight excluding hydrogens is 367 g/mol. The van der Waals surface area contributed by atoms with Gasteiger partial charge in [0.15, 0.2) is 5.69 Å². The topological polar surface area (TPSA) is 49.8 Å². The standard InChI is InChI=1S/C16H8BrFN2OS/c17-11-3-7-13(8-4-11)22-16-14(9-19)20-15(21-16)10-1-5-12(18)6-2-10/h1-8H. The summed E-state index contributed by atoms with van der Waals surface area (Å²) in [7, 11) is 0. The number of halogens is 2. The highest BCUT2D eigenvalue weighted by molar-refractivity contribution is 9.10. The third kappa shape index (κ3) is 3.21. The van der Waals surface area contributed by atoms with Gasteiger partial charge in [0.1, 0.15) is 11.9 Å². The van der Waals surface area contributed by atoms with E-state index < -0.39 is 0 Å². The Morgan fingerprint density at radius 1 is 1.09 bits per heavy atom. The van der Waals surface area contributed by atoms with Gasteiger partial charge in [-0.2, -0.15) is 10.2 Å².